The largest absolute Gasteiger partial charge is 0.464 e. The van der Waals surface area contributed by atoms with Crippen molar-refractivity contribution in [2.75, 3.05) is 26.2 Å². The Hall–Kier alpha value is -2.34. The summed E-state index contributed by atoms with van der Waals surface area (Å²) in [6.45, 7) is 3.04. The fraction of sp³-hybridized carbons (Fsp3) is 0.458. The molecule has 0 unspecified atom stereocenters. The van der Waals surface area contributed by atoms with Gasteiger partial charge in [0.2, 0.25) is 0 Å². The summed E-state index contributed by atoms with van der Waals surface area (Å²) in [6.07, 6.45) is 0.0521. The number of carbonyl (C=O) groups is 1. The number of likely N-dealkylation sites (tertiary alicyclic amines) is 1. The van der Waals surface area contributed by atoms with E-state index in [2.05, 4.69) is 4.90 Å². The minimum atomic E-state index is -4.40. The first-order chi connectivity index (χ1) is 14.4. The third kappa shape index (κ3) is 4.24. The van der Waals surface area contributed by atoms with Crippen molar-refractivity contribution in [3.05, 3.63) is 70.8 Å². The van der Waals surface area contributed by atoms with Crippen LogP contribution in [0.3, 0.4) is 0 Å². The van der Waals surface area contributed by atoms with Gasteiger partial charge in [0.1, 0.15) is 12.0 Å². The average Bonchev–Trinajstić information content (AvgIpc) is 3.15. The minimum absolute atomic E-state index is 0.303. The molecule has 0 aromatic heterocycles. The standard InChI is InChI=1S/C24H26F3NO2/c25-24(26,27)21-10-8-20(9-11-21)23(16-18-6-2-3-7-19(18)17-23)22(29)30-15-14-28-12-4-1-5-13-28/h2-3,6-11H,1,4-5,12-17H2. The number of hydrogen-bond donors (Lipinski definition) is 0. The van der Waals surface area contributed by atoms with Gasteiger partial charge in [0.15, 0.2) is 0 Å². The Kier molecular flexibility index (Phi) is 5.87. The van der Waals surface area contributed by atoms with Gasteiger partial charge in [0.05, 0.1) is 5.56 Å². The van der Waals surface area contributed by atoms with E-state index < -0.39 is 17.2 Å². The number of alkyl halides is 3. The Balaban J connectivity index is 1.55. The van der Waals surface area contributed by atoms with E-state index in [9.17, 15) is 18.0 Å². The molecule has 0 bridgehead atoms. The van der Waals surface area contributed by atoms with Gasteiger partial charge in [-0.3, -0.25) is 9.69 Å². The molecule has 6 heteroatoms. The molecule has 0 amide bonds. The Bertz CT molecular complexity index is 861. The van der Waals surface area contributed by atoms with Crippen molar-refractivity contribution in [1.82, 2.24) is 4.90 Å². The molecule has 160 valence electrons. The van der Waals surface area contributed by atoms with Crippen molar-refractivity contribution in [2.45, 2.75) is 43.7 Å². The molecule has 1 aliphatic carbocycles. The summed E-state index contributed by atoms with van der Waals surface area (Å²) in [6, 6.07) is 12.8. The van der Waals surface area contributed by atoms with Gasteiger partial charge in [0.25, 0.3) is 0 Å². The van der Waals surface area contributed by atoms with E-state index in [1.54, 1.807) is 0 Å². The van der Waals surface area contributed by atoms with E-state index in [4.69, 9.17) is 4.74 Å². The monoisotopic (exact) mass is 417 g/mol. The molecule has 3 nitrogen and oxygen atoms in total. The van der Waals surface area contributed by atoms with Crippen LogP contribution in [-0.2, 0) is 34.0 Å². The molecule has 2 aromatic rings. The van der Waals surface area contributed by atoms with Crippen molar-refractivity contribution >= 4 is 5.97 Å². The molecule has 2 aliphatic rings. The van der Waals surface area contributed by atoms with Crippen LogP contribution in [0.5, 0.6) is 0 Å². The van der Waals surface area contributed by atoms with E-state index >= 15 is 0 Å². The zero-order valence-corrected chi connectivity index (χ0v) is 16.9. The van der Waals surface area contributed by atoms with Gasteiger partial charge in [-0.1, -0.05) is 42.8 Å². The lowest BCUT2D eigenvalue weighted by Gasteiger charge is -2.29. The number of hydrogen-bond acceptors (Lipinski definition) is 3. The van der Waals surface area contributed by atoms with Crippen LogP contribution in [0.2, 0.25) is 0 Å². The predicted molar refractivity (Wildman–Crippen MR) is 108 cm³/mol. The van der Waals surface area contributed by atoms with Gasteiger partial charge in [0, 0.05) is 6.54 Å². The smallest absolute Gasteiger partial charge is 0.416 e. The zero-order valence-electron chi connectivity index (χ0n) is 16.9. The minimum Gasteiger partial charge on any atom is -0.464 e. The number of esters is 1. The van der Waals surface area contributed by atoms with Crippen molar-refractivity contribution in [1.29, 1.82) is 0 Å². The molecule has 1 aliphatic heterocycles. The number of fused-ring (bicyclic) bond motifs is 1. The maximum Gasteiger partial charge on any atom is 0.416 e. The number of nitrogens with zero attached hydrogens (tertiary/aromatic N) is 1. The van der Waals surface area contributed by atoms with E-state index in [-0.39, 0.29) is 5.97 Å². The molecule has 0 atom stereocenters. The number of ether oxygens (including phenoxy) is 1. The second kappa shape index (κ2) is 8.42. The van der Waals surface area contributed by atoms with E-state index in [0.717, 1.165) is 36.3 Å². The van der Waals surface area contributed by atoms with Gasteiger partial charge >= 0.3 is 12.1 Å². The lowest BCUT2D eigenvalue weighted by Crippen LogP contribution is -2.40. The molecule has 1 saturated heterocycles. The van der Waals surface area contributed by atoms with Crippen molar-refractivity contribution < 1.29 is 22.7 Å². The highest BCUT2D eigenvalue weighted by atomic mass is 19.4. The summed E-state index contributed by atoms with van der Waals surface area (Å²) in [5, 5.41) is 0. The molecular weight excluding hydrogens is 391 g/mol. The molecule has 2 aromatic carbocycles. The third-order valence-electron chi connectivity index (χ3n) is 6.35. The van der Waals surface area contributed by atoms with Crippen LogP contribution in [0, 0.1) is 0 Å². The summed E-state index contributed by atoms with van der Waals surface area (Å²) in [5.74, 6) is -0.351. The number of carbonyl (C=O) groups excluding carboxylic acids is 1. The number of benzene rings is 2. The molecule has 0 N–H and O–H groups in total. The highest BCUT2D eigenvalue weighted by Crippen LogP contribution is 2.42. The average molecular weight is 417 g/mol. The van der Waals surface area contributed by atoms with Gasteiger partial charge < -0.3 is 4.74 Å². The Morgan fingerprint density at radius 1 is 0.933 bits per heavy atom. The van der Waals surface area contributed by atoms with Crippen LogP contribution in [0.25, 0.3) is 0 Å². The quantitative estimate of drug-likeness (QED) is 0.657. The molecule has 0 spiro atoms. The molecule has 0 radical (unpaired) electrons. The van der Waals surface area contributed by atoms with Gasteiger partial charge in [-0.2, -0.15) is 13.2 Å². The summed E-state index contributed by atoms with van der Waals surface area (Å²) in [5.41, 5.74) is 0.983. The lowest BCUT2D eigenvalue weighted by atomic mass is 9.77. The van der Waals surface area contributed by atoms with Crippen molar-refractivity contribution in [2.24, 2.45) is 0 Å². The molecule has 1 fully saturated rings. The van der Waals surface area contributed by atoms with Crippen LogP contribution in [0.15, 0.2) is 48.5 Å². The normalized spacial score (nSPS) is 18.8. The second-order valence-corrected chi connectivity index (χ2v) is 8.32. The predicted octanol–water partition coefficient (Wildman–Crippen LogP) is 4.77. The SMILES string of the molecule is O=C(OCCN1CCCCC1)C1(c2ccc(C(F)(F)F)cc2)Cc2ccccc2C1. The molecule has 4 rings (SSSR count). The van der Waals surface area contributed by atoms with Gasteiger partial charge in [-0.25, -0.2) is 0 Å². The Morgan fingerprint density at radius 2 is 1.53 bits per heavy atom. The highest BCUT2D eigenvalue weighted by molar-refractivity contribution is 5.85. The molecule has 1 heterocycles. The number of piperidine rings is 1. The molecular formula is C24H26F3NO2. The summed E-state index contributed by atoms with van der Waals surface area (Å²) in [7, 11) is 0. The van der Waals surface area contributed by atoms with Crippen LogP contribution < -0.4 is 0 Å². The summed E-state index contributed by atoms with van der Waals surface area (Å²) >= 11 is 0. The molecule has 0 saturated carbocycles. The third-order valence-corrected chi connectivity index (χ3v) is 6.35. The van der Waals surface area contributed by atoms with Crippen LogP contribution in [0.4, 0.5) is 13.2 Å². The summed E-state index contributed by atoms with van der Waals surface area (Å²) < 4.78 is 44.8. The van der Waals surface area contributed by atoms with Crippen molar-refractivity contribution in [3.63, 3.8) is 0 Å². The van der Waals surface area contributed by atoms with Crippen LogP contribution in [-0.4, -0.2) is 37.1 Å². The number of rotatable bonds is 5. The van der Waals surface area contributed by atoms with E-state index in [1.165, 1.54) is 31.4 Å². The van der Waals surface area contributed by atoms with Gasteiger partial charge in [-0.05, 0) is 67.6 Å². The zero-order chi connectivity index (χ0) is 21.2. The summed E-state index contributed by atoms with van der Waals surface area (Å²) in [4.78, 5) is 15.6. The maximum absolute atomic E-state index is 13.3. The lowest BCUT2D eigenvalue weighted by molar-refractivity contribution is -0.151. The Morgan fingerprint density at radius 3 is 2.10 bits per heavy atom. The maximum atomic E-state index is 13.3. The van der Waals surface area contributed by atoms with Crippen LogP contribution >= 0.6 is 0 Å². The van der Waals surface area contributed by atoms with Crippen molar-refractivity contribution in [3.8, 4) is 0 Å². The Labute approximate surface area is 174 Å². The number of halogens is 3. The van der Waals surface area contributed by atoms with Crippen LogP contribution in [0.1, 0.15) is 41.5 Å². The topological polar surface area (TPSA) is 29.5 Å². The van der Waals surface area contributed by atoms with E-state index in [1.807, 2.05) is 24.3 Å². The molecule has 30 heavy (non-hydrogen) atoms. The van der Waals surface area contributed by atoms with Gasteiger partial charge in [-0.15, -0.1) is 0 Å². The fourth-order valence-corrected chi connectivity index (χ4v) is 4.65. The van der Waals surface area contributed by atoms with E-state index in [0.29, 0.717) is 31.6 Å². The fourth-order valence-electron chi connectivity index (χ4n) is 4.65. The first kappa shape index (κ1) is 20.9. The second-order valence-electron chi connectivity index (χ2n) is 8.32. The first-order valence-corrected chi connectivity index (χ1v) is 10.5. The first-order valence-electron chi connectivity index (χ1n) is 10.5. The highest BCUT2D eigenvalue weighted by Gasteiger charge is 2.47.